The lowest BCUT2D eigenvalue weighted by atomic mass is 9.78. The summed E-state index contributed by atoms with van der Waals surface area (Å²) >= 11 is 12.7. The zero-order chi connectivity index (χ0) is 16.6. The topological polar surface area (TPSA) is 59.3 Å². The molecule has 1 aromatic rings. The van der Waals surface area contributed by atoms with Crippen molar-refractivity contribution in [3.8, 4) is 17.6 Å². The molecule has 0 fully saturated rings. The SMILES string of the molecule is CCC[C@@]12CCC(=O)C=C1c1c(cc(OCC#N)c(Cl)c1Cl)O2. The third-order valence-corrected chi connectivity index (χ3v) is 5.08. The molecule has 0 aromatic heterocycles. The van der Waals surface area contributed by atoms with Crippen molar-refractivity contribution in [3.05, 3.63) is 27.8 Å². The van der Waals surface area contributed by atoms with Gasteiger partial charge in [0, 0.05) is 23.6 Å². The number of rotatable bonds is 4. The lowest BCUT2D eigenvalue weighted by molar-refractivity contribution is -0.115. The van der Waals surface area contributed by atoms with E-state index < -0.39 is 5.60 Å². The molecule has 0 N–H and O–H groups in total. The van der Waals surface area contributed by atoms with E-state index in [1.807, 2.05) is 6.07 Å². The van der Waals surface area contributed by atoms with Crippen molar-refractivity contribution in [1.29, 1.82) is 5.26 Å². The molecule has 120 valence electrons. The summed E-state index contributed by atoms with van der Waals surface area (Å²) in [4.78, 5) is 11.9. The number of fused-ring (bicyclic) bond motifs is 3. The van der Waals surface area contributed by atoms with Crippen LogP contribution in [-0.4, -0.2) is 18.0 Å². The zero-order valence-corrected chi connectivity index (χ0v) is 14.1. The van der Waals surface area contributed by atoms with Crippen LogP contribution in [0.5, 0.6) is 11.5 Å². The smallest absolute Gasteiger partial charge is 0.174 e. The van der Waals surface area contributed by atoms with Gasteiger partial charge in [-0.05, 0) is 18.9 Å². The van der Waals surface area contributed by atoms with E-state index in [4.69, 9.17) is 37.9 Å². The van der Waals surface area contributed by atoms with Crippen molar-refractivity contribution in [3.63, 3.8) is 0 Å². The van der Waals surface area contributed by atoms with Gasteiger partial charge >= 0.3 is 0 Å². The summed E-state index contributed by atoms with van der Waals surface area (Å²) < 4.78 is 11.5. The van der Waals surface area contributed by atoms with Gasteiger partial charge < -0.3 is 9.47 Å². The highest BCUT2D eigenvalue weighted by Gasteiger charge is 2.47. The lowest BCUT2D eigenvalue weighted by Crippen LogP contribution is -2.36. The molecule has 0 bridgehead atoms. The predicted molar refractivity (Wildman–Crippen MR) is 88.1 cm³/mol. The Kier molecular flexibility index (Phi) is 4.27. The van der Waals surface area contributed by atoms with E-state index in [9.17, 15) is 4.79 Å². The Bertz CT molecular complexity index is 751. The fourth-order valence-corrected chi connectivity index (χ4v) is 3.77. The average Bonchev–Trinajstić information content (AvgIpc) is 2.83. The van der Waals surface area contributed by atoms with Crippen LogP contribution in [0.1, 0.15) is 38.2 Å². The molecular formula is C17H15Cl2NO3. The monoisotopic (exact) mass is 351 g/mol. The maximum Gasteiger partial charge on any atom is 0.174 e. The second-order valence-electron chi connectivity index (χ2n) is 5.69. The van der Waals surface area contributed by atoms with Gasteiger partial charge in [0.2, 0.25) is 0 Å². The number of nitrogens with zero attached hydrogens (tertiary/aromatic N) is 1. The Labute approximate surface area is 144 Å². The van der Waals surface area contributed by atoms with Crippen LogP contribution >= 0.6 is 23.2 Å². The van der Waals surface area contributed by atoms with Crippen LogP contribution in [0.4, 0.5) is 0 Å². The number of hydrogen-bond donors (Lipinski definition) is 0. The van der Waals surface area contributed by atoms with E-state index in [1.54, 1.807) is 12.1 Å². The van der Waals surface area contributed by atoms with E-state index >= 15 is 0 Å². The third kappa shape index (κ3) is 2.58. The largest absolute Gasteiger partial charge is 0.482 e. The number of carbonyl (C=O) groups is 1. The third-order valence-electron chi connectivity index (χ3n) is 4.23. The van der Waals surface area contributed by atoms with Gasteiger partial charge in [-0.15, -0.1) is 0 Å². The first-order chi connectivity index (χ1) is 11.0. The number of carbonyl (C=O) groups excluding carboxylic acids is 1. The van der Waals surface area contributed by atoms with E-state index in [0.717, 1.165) is 18.4 Å². The summed E-state index contributed by atoms with van der Waals surface area (Å²) in [5, 5.41) is 9.19. The molecule has 0 amide bonds. The molecule has 2 aliphatic rings. The molecule has 1 atom stereocenters. The lowest BCUT2D eigenvalue weighted by Gasteiger charge is -2.32. The summed E-state index contributed by atoms with van der Waals surface area (Å²) in [6.07, 6.45) is 4.43. The maximum absolute atomic E-state index is 11.9. The summed E-state index contributed by atoms with van der Waals surface area (Å²) in [5.74, 6) is 0.941. The molecule has 0 saturated carbocycles. The van der Waals surface area contributed by atoms with E-state index in [1.165, 1.54) is 0 Å². The zero-order valence-electron chi connectivity index (χ0n) is 12.6. The Hall–Kier alpha value is -1.70. The number of ether oxygens (including phenoxy) is 2. The average molecular weight is 352 g/mol. The van der Waals surface area contributed by atoms with Gasteiger partial charge in [0.15, 0.2) is 12.4 Å². The fraction of sp³-hybridized carbons (Fsp3) is 0.412. The minimum absolute atomic E-state index is 0.0696. The highest BCUT2D eigenvalue weighted by molar-refractivity contribution is 6.44. The molecule has 23 heavy (non-hydrogen) atoms. The molecular weight excluding hydrogens is 337 g/mol. The minimum Gasteiger partial charge on any atom is -0.482 e. The highest BCUT2D eigenvalue weighted by Crippen LogP contribution is 2.56. The van der Waals surface area contributed by atoms with Crippen LogP contribution in [0.3, 0.4) is 0 Å². The number of hydrogen-bond acceptors (Lipinski definition) is 4. The van der Waals surface area contributed by atoms with Gasteiger partial charge in [0.1, 0.15) is 28.2 Å². The van der Waals surface area contributed by atoms with Gasteiger partial charge in [0.25, 0.3) is 0 Å². The van der Waals surface area contributed by atoms with E-state index in [2.05, 4.69) is 6.92 Å². The summed E-state index contributed by atoms with van der Waals surface area (Å²) in [5.41, 5.74) is 0.957. The number of benzene rings is 1. The van der Waals surface area contributed by atoms with Crippen LogP contribution in [0.2, 0.25) is 10.0 Å². The second-order valence-corrected chi connectivity index (χ2v) is 6.45. The minimum atomic E-state index is -0.522. The van der Waals surface area contributed by atoms with Crippen LogP contribution in [0.25, 0.3) is 5.57 Å². The molecule has 1 heterocycles. The van der Waals surface area contributed by atoms with Gasteiger partial charge in [-0.25, -0.2) is 0 Å². The fourth-order valence-electron chi connectivity index (χ4n) is 3.28. The number of nitriles is 1. The van der Waals surface area contributed by atoms with Crippen LogP contribution < -0.4 is 9.47 Å². The van der Waals surface area contributed by atoms with Crippen molar-refractivity contribution >= 4 is 34.6 Å². The second kappa shape index (κ2) is 6.07. The molecule has 1 aliphatic carbocycles. The van der Waals surface area contributed by atoms with Crippen molar-refractivity contribution in [1.82, 2.24) is 0 Å². The Balaban J connectivity index is 2.14. The quantitative estimate of drug-likeness (QED) is 0.796. The Morgan fingerprint density at radius 1 is 1.43 bits per heavy atom. The molecule has 0 radical (unpaired) electrons. The number of ketones is 1. The Morgan fingerprint density at radius 2 is 2.22 bits per heavy atom. The molecule has 3 rings (SSSR count). The molecule has 4 nitrogen and oxygen atoms in total. The molecule has 1 aliphatic heterocycles. The van der Waals surface area contributed by atoms with Gasteiger partial charge in [-0.2, -0.15) is 5.26 Å². The van der Waals surface area contributed by atoms with Gasteiger partial charge in [-0.3, -0.25) is 4.79 Å². The van der Waals surface area contributed by atoms with Crippen molar-refractivity contribution < 1.29 is 14.3 Å². The van der Waals surface area contributed by atoms with Gasteiger partial charge in [0.05, 0.1) is 5.02 Å². The summed E-state index contributed by atoms with van der Waals surface area (Å²) in [7, 11) is 0. The first-order valence-corrected chi connectivity index (χ1v) is 8.24. The van der Waals surface area contributed by atoms with Crippen LogP contribution in [0, 0.1) is 11.3 Å². The van der Waals surface area contributed by atoms with E-state index in [0.29, 0.717) is 34.9 Å². The van der Waals surface area contributed by atoms with Crippen LogP contribution in [-0.2, 0) is 4.79 Å². The molecule has 1 aromatic carbocycles. The number of allylic oxidation sites excluding steroid dienone is 1. The summed E-state index contributed by atoms with van der Waals surface area (Å²) in [6, 6.07) is 3.55. The maximum atomic E-state index is 11.9. The van der Waals surface area contributed by atoms with Crippen molar-refractivity contribution in [2.24, 2.45) is 0 Å². The molecule has 0 spiro atoms. The highest BCUT2D eigenvalue weighted by atomic mass is 35.5. The first-order valence-electron chi connectivity index (χ1n) is 7.48. The van der Waals surface area contributed by atoms with Crippen molar-refractivity contribution in [2.45, 2.75) is 38.2 Å². The predicted octanol–water partition coefficient (Wildman–Crippen LogP) is 4.57. The standard InChI is InChI=1S/C17H15Cl2NO3/c1-2-4-17-5-3-10(21)8-11(17)14-12(23-17)9-13(22-7-6-20)15(18)16(14)19/h8-9H,2-5,7H2,1H3/t17-/m1/s1. The normalized spacial score (nSPS) is 21.8. The first kappa shape index (κ1) is 16.2. The summed E-state index contributed by atoms with van der Waals surface area (Å²) in [6.45, 7) is 1.95. The molecule has 6 heteroatoms. The van der Waals surface area contributed by atoms with Crippen molar-refractivity contribution in [2.75, 3.05) is 6.61 Å². The Morgan fingerprint density at radius 3 is 2.91 bits per heavy atom. The molecule has 0 unspecified atom stereocenters. The molecule has 0 saturated heterocycles. The van der Waals surface area contributed by atoms with Crippen LogP contribution in [0.15, 0.2) is 12.1 Å². The number of halogens is 2. The van der Waals surface area contributed by atoms with Gasteiger partial charge in [-0.1, -0.05) is 36.5 Å². The van der Waals surface area contributed by atoms with E-state index in [-0.39, 0.29) is 17.4 Å².